The standard InChI is InChI=1S/C20H25N3O4/c1-4-22(5-2)19(16-7-6-8-18(13-16)27-3)14-21-20(24)15-9-11-17(12-10-15)23(25)26/h6-13,19H,4-5,14H2,1-3H3,(H,21,24)/t19-/m0/s1. The highest BCUT2D eigenvalue weighted by Crippen LogP contribution is 2.24. The minimum absolute atomic E-state index is 0.00269. The molecule has 0 aliphatic heterocycles. The molecular formula is C20H25N3O4. The number of methoxy groups -OCH3 is 1. The van der Waals surface area contributed by atoms with Crippen LogP contribution in [-0.4, -0.2) is 42.5 Å². The molecule has 0 heterocycles. The van der Waals surface area contributed by atoms with Crippen LogP contribution in [0.3, 0.4) is 0 Å². The van der Waals surface area contributed by atoms with Crippen molar-refractivity contribution in [2.75, 3.05) is 26.7 Å². The van der Waals surface area contributed by atoms with E-state index in [0.29, 0.717) is 12.1 Å². The summed E-state index contributed by atoms with van der Waals surface area (Å²) in [6, 6.07) is 13.4. The number of nitrogens with zero attached hydrogens (tertiary/aromatic N) is 2. The Bertz CT molecular complexity index is 773. The molecule has 2 rings (SSSR count). The van der Waals surface area contributed by atoms with Gasteiger partial charge in [-0.15, -0.1) is 0 Å². The molecule has 7 nitrogen and oxygen atoms in total. The second-order valence-corrected chi connectivity index (χ2v) is 6.03. The van der Waals surface area contributed by atoms with Gasteiger partial charge >= 0.3 is 0 Å². The van der Waals surface area contributed by atoms with E-state index in [1.165, 1.54) is 24.3 Å². The maximum atomic E-state index is 12.5. The monoisotopic (exact) mass is 371 g/mol. The highest BCUT2D eigenvalue weighted by molar-refractivity contribution is 5.94. The molecule has 1 amide bonds. The molecule has 0 spiro atoms. The van der Waals surface area contributed by atoms with Gasteiger partial charge in [-0.3, -0.25) is 19.8 Å². The van der Waals surface area contributed by atoms with Crippen LogP contribution in [0.25, 0.3) is 0 Å². The van der Waals surface area contributed by atoms with Crippen molar-refractivity contribution < 1.29 is 14.5 Å². The van der Waals surface area contributed by atoms with Crippen molar-refractivity contribution in [3.63, 3.8) is 0 Å². The zero-order valence-corrected chi connectivity index (χ0v) is 15.8. The van der Waals surface area contributed by atoms with E-state index in [4.69, 9.17) is 4.74 Å². The molecule has 1 atom stereocenters. The van der Waals surface area contributed by atoms with Crippen molar-refractivity contribution in [2.45, 2.75) is 19.9 Å². The van der Waals surface area contributed by atoms with E-state index in [0.717, 1.165) is 24.4 Å². The van der Waals surface area contributed by atoms with Gasteiger partial charge in [0.25, 0.3) is 11.6 Å². The van der Waals surface area contributed by atoms with Crippen LogP contribution in [0.15, 0.2) is 48.5 Å². The highest BCUT2D eigenvalue weighted by Gasteiger charge is 2.20. The van der Waals surface area contributed by atoms with E-state index in [9.17, 15) is 14.9 Å². The molecule has 0 unspecified atom stereocenters. The maximum absolute atomic E-state index is 12.5. The predicted molar refractivity (Wildman–Crippen MR) is 104 cm³/mol. The van der Waals surface area contributed by atoms with Gasteiger partial charge in [0.05, 0.1) is 18.1 Å². The smallest absolute Gasteiger partial charge is 0.269 e. The summed E-state index contributed by atoms with van der Waals surface area (Å²) in [5.41, 5.74) is 1.41. The molecule has 1 N–H and O–H groups in total. The third kappa shape index (κ3) is 5.27. The largest absolute Gasteiger partial charge is 0.497 e. The zero-order chi connectivity index (χ0) is 19.8. The first-order valence-electron chi connectivity index (χ1n) is 8.90. The molecule has 0 saturated carbocycles. The first-order valence-corrected chi connectivity index (χ1v) is 8.90. The Labute approximate surface area is 159 Å². The molecule has 2 aromatic rings. The molecule has 0 bridgehead atoms. The average Bonchev–Trinajstić information content (AvgIpc) is 2.71. The molecule has 0 aliphatic carbocycles. The summed E-state index contributed by atoms with van der Waals surface area (Å²) in [5, 5.41) is 13.7. The zero-order valence-electron chi connectivity index (χ0n) is 15.8. The molecule has 144 valence electrons. The van der Waals surface area contributed by atoms with Crippen molar-refractivity contribution >= 4 is 11.6 Å². The van der Waals surface area contributed by atoms with E-state index < -0.39 is 4.92 Å². The van der Waals surface area contributed by atoms with E-state index in [1.54, 1.807) is 7.11 Å². The van der Waals surface area contributed by atoms with Gasteiger partial charge in [0.15, 0.2) is 0 Å². The third-order valence-corrected chi connectivity index (χ3v) is 4.53. The number of non-ortho nitro benzene ring substituents is 1. The van der Waals surface area contributed by atoms with Gasteiger partial charge in [-0.05, 0) is 42.9 Å². The average molecular weight is 371 g/mol. The van der Waals surface area contributed by atoms with E-state index >= 15 is 0 Å². The summed E-state index contributed by atoms with van der Waals surface area (Å²) in [5.74, 6) is 0.510. The molecule has 7 heteroatoms. The number of ether oxygens (including phenoxy) is 1. The molecule has 0 aliphatic rings. The first kappa shape index (κ1) is 20.4. The number of hydrogen-bond acceptors (Lipinski definition) is 5. The minimum Gasteiger partial charge on any atom is -0.497 e. The number of carbonyl (C=O) groups is 1. The summed E-state index contributed by atoms with van der Waals surface area (Å²) in [6.07, 6.45) is 0. The summed E-state index contributed by atoms with van der Waals surface area (Å²) in [4.78, 5) is 25.0. The molecule has 0 aromatic heterocycles. The van der Waals surface area contributed by atoms with E-state index in [2.05, 4.69) is 24.1 Å². The van der Waals surface area contributed by atoms with E-state index in [-0.39, 0.29) is 17.6 Å². The Hall–Kier alpha value is -2.93. The quantitative estimate of drug-likeness (QED) is 0.539. The summed E-state index contributed by atoms with van der Waals surface area (Å²) in [7, 11) is 1.63. The molecule has 27 heavy (non-hydrogen) atoms. The van der Waals surface area contributed by atoms with Crippen LogP contribution in [0.1, 0.15) is 35.8 Å². The van der Waals surface area contributed by atoms with Crippen LogP contribution >= 0.6 is 0 Å². The number of benzene rings is 2. The fourth-order valence-corrected chi connectivity index (χ4v) is 3.00. The van der Waals surface area contributed by atoms with Crippen LogP contribution in [-0.2, 0) is 0 Å². The fraction of sp³-hybridized carbons (Fsp3) is 0.350. The Morgan fingerprint density at radius 3 is 2.41 bits per heavy atom. The summed E-state index contributed by atoms with van der Waals surface area (Å²) >= 11 is 0. The van der Waals surface area contributed by atoms with E-state index in [1.807, 2.05) is 24.3 Å². The molecule has 2 aromatic carbocycles. The summed E-state index contributed by atoms with van der Waals surface area (Å²) in [6.45, 7) is 6.26. The Morgan fingerprint density at radius 1 is 1.19 bits per heavy atom. The van der Waals surface area contributed by atoms with Gasteiger partial charge < -0.3 is 10.1 Å². The minimum atomic E-state index is -0.485. The van der Waals surface area contributed by atoms with Crippen molar-refractivity contribution in [2.24, 2.45) is 0 Å². The second-order valence-electron chi connectivity index (χ2n) is 6.03. The number of likely N-dealkylation sites (N-methyl/N-ethyl adjacent to an activating group) is 1. The Morgan fingerprint density at radius 2 is 1.85 bits per heavy atom. The number of hydrogen-bond donors (Lipinski definition) is 1. The van der Waals surface area contributed by atoms with Gasteiger partial charge in [-0.1, -0.05) is 26.0 Å². The molecule has 0 saturated heterocycles. The van der Waals surface area contributed by atoms with Gasteiger partial charge in [-0.2, -0.15) is 0 Å². The SMILES string of the molecule is CCN(CC)[C@@H](CNC(=O)c1ccc([N+](=O)[O-])cc1)c1cccc(OC)c1. The van der Waals surface area contributed by atoms with Gasteiger partial charge in [0, 0.05) is 24.2 Å². The number of amides is 1. The lowest BCUT2D eigenvalue weighted by molar-refractivity contribution is -0.384. The molecule has 0 fully saturated rings. The third-order valence-electron chi connectivity index (χ3n) is 4.53. The maximum Gasteiger partial charge on any atom is 0.269 e. The van der Waals surface area contributed by atoms with Gasteiger partial charge in [0.1, 0.15) is 5.75 Å². The molecule has 0 radical (unpaired) electrons. The molecular weight excluding hydrogens is 346 g/mol. The Balaban J connectivity index is 2.15. The number of nitro groups is 1. The van der Waals surface area contributed by atoms with Crippen molar-refractivity contribution in [3.05, 3.63) is 69.8 Å². The van der Waals surface area contributed by atoms with Crippen LogP contribution < -0.4 is 10.1 Å². The van der Waals surface area contributed by atoms with Crippen molar-refractivity contribution in [1.29, 1.82) is 0 Å². The number of carbonyl (C=O) groups excluding carboxylic acids is 1. The van der Waals surface area contributed by atoms with Gasteiger partial charge in [0.2, 0.25) is 0 Å². The summed E-state index contributed by atoms with van der Waals surface area (Å²) < 4.78 is 5.32. The first-order chi connectivity index (χ1) is 13.0. The lowest BCUT2D eigenvalue weighted by atomic mass is 10.0. The Kier molecular flexibility index (Phi) is 7.31. The lowest BCUT2D eigenvalue weighted by Gasteiger charge is -2.30. The number of nitro benzene ring substituents is 1. The van der Waals surface area contributed by atoms with Crippen LogP contribution in [0.5, 0.6) is 5.75 Å². The van der Waals surface area contributed by atoms with Crippen molar-refractivity contribution in [1.82, 2.24) is 10.2 Å². The second kappa shape index (κ2) is 9.68. The normalized spacial score (nSPS) is 11.9. The van der Waals surface area contributed by atoms with Crippen LogP contribution in [0.2, 0.25) is 0 Å². The number of nitrogens with one attached hydrogen (secondary N) is 1. The van der Waals surface area contributed by atoms with Crippen molar-refractivity contribution in [3.8, 4) is 5.75 Å². The van der Waals surface area contributed by atoms with Crippen LogP contribution in [0, 0.1) is 10.1 Å². The fourth-order valence-electron chi connectivity index (χ4n) is 3.00. The lowest BCUT2D eigenvalue weighted by Crippen LogP contribution is -2.38. The van der Waals surface area contributed by atoms with Crippen LogP contribution in [0.4, 0.5) is 5.69 Å². The topological polar surface area (TPSA) is 84.7 Å². The highest BCUT2D eigenvalue weighted by atomic mass is 16.6. The van der Waals surface area contributed by atoms with Gasteiger partial charge in [-0.25, -0.2) is 0 Å². The predicted octanol–water partition coefficient (Wildman–Crippen LogP) is 3.42. The number of rotatable bonds is 9.